The summed E-state index contributed by atoms with van der Waals surface area (Å²) in [6.07, 6.45) is 0.839. The predicted octanol–water partition coefficient (Wildman–Crippen LogP) is 4.16. The molecule has 2 saturated carbocycles. The summed E-state index contributed by atoms with van der Waals surface area (Å²) in [6.45, 7) is -0.0706. The number of hydrogen-bond acceptors (Lipinski definition) is 7. The topological polar surface area (TPSA) is 139 Å². The van der Waals surface area contributed by atoms with E-state index >= 15 is 0 Å². The fraction of sp³-hybridized carbons (Fsp3) is 0.444. The second-order valence-corrected chi connectivity index (χ2v) is 13.3. The van der Waals surface area contributed by atoms with Gasteiger partial charge in [-0.2, -0.15) is 0 Å². The molecule has 0 radical (unpaired) electrons. The minimum absolute atomic E-state index is 0.0000625. The van der Waals surface area contributed by atoms with Crippen LogP contribution in [0.3, 0.4) is 0 Å². The Balaban J connectivity index is 1.30. The fourth-order valence-electron chi connectivity index (χ4n) is 6.20. The maximum atomic E-state index is 13.7. The minimum Gasteiger partial charge on any atom is -0.447 e. The molecule has 5 rings (SSSR count). The van der Waals surface area contributed by atoms with Crippen LogP contribution in [-0.2, 0) is 19.4 Å². The number of carbonyl (C=O) groups excluding carboxylic acids is 3. The first kappa shape index (κ1) is 29.3. The fourth-order valence-corrected chi connectivity index (χ4v) is 8.60. The molecule has 0 spiro atoms. The Kier molecular flexibility index (Phi) is 7.81. The molecule has 1 saturated heterocycles. The van der Waals surface area contributed by atoms with Gasteiger partial charge in [0.25, 0.3) is 5.91 Å². The molecule has 3 aliphatic rings. The SMILES string of the molecule is O=C1N[C@@H](C(=O)CCC2(O)C3CC[C@H]2CC(S(=O)(=O)c2cc(C(=O)Nc4cc(F)c(F)c(F)c4)ccc2Cl)C3)CO1. The van der Waals surface area contributed by atoms with E-state index in [0.29, 0.717) is 25.0 Å². The molecular weight excluding hydrogens is 589 g/mol. The third-order valence-electron chi connectivity index (χ3n) is 8.39. The van der Waals surface area contributed by atoms with Crippen LogP contribution in [-0.4, -0.2) is 54.8 Å². The molecule has 3 fully saturated rings. The maximum Gasteiger partial charge on any atom is 0.407 e. The molecule has 2 aromatic rings. The lowest BCUT2D eigenvalue weighted by atomic mass is 9.71. The summed E-state index contributed by atoms with van der Waals surface area (Å²) in [5, 5.41) is 15.1. The van der Waals surface area contributed by atoms with E-state index in [0.717, 1.165) is 6.07 Å². The number of cyclic esters (lactones) is 1. The summed E-state index contributed by atoms with van der Waals surface area (Å²) in [5.41, 5.74) is -1.76. The summed E-state index contributed by atoms with van der Waals surface area (Å²) in [5.74, 6) is -6.65. The number of Topliss-reactive ketones (excluding diaryl/α,β-unsaturated/α-hetero) is 1. The zero-order chi connectivity index (χ0) is 29.7. The Morgan fingerprint density at radius 3 is 2.32 bits per heavy atom. The van der Waals surface area contributed by atoms with Crippen molar-refractivity contribution in [2.24, 2.45) is 11.8 Å². The van der Waals surface area contributed by atoms with Gasteiger partial charge in [0.15, 0.2) is 33.1 Å². The average Bonchev–Trinajstić information content (AvgIpc) is 3.38. The lowest BCUT2D eigenvalue weighted by Crippen LogP contribution is -2.48. The van der Waals surface area contributed by atoms with Crippen molar-refractivity contribution in [3.8, 4) is 0 Å². The third-order valence-corrected chi connectivity index (χ3v) is 11.0. The number of hydrogen-bond donors (Lipinski definition) is 3. The molecule has 3 unspecified atom stereocenters. The highest BCUT2D eigenvalue weighted by molar-refractivity contribution is 7.92. The highest BCUT2D eigenvalue weighted by atomic mass is 35.5. The molecular formula is C27H26ClF3N2O7S. The predicted molar refractivity (Wildman–Crippen MR) is 140 cm³/mol. The van der Waals surface area contributed by atoms with Gasteiger partial charge in [-0.05, 0) is 62.1 Å². The van der Waals surface area contributed by atoms with E-state index in [4.69, 9.17) is 16.3 Å². The molecule has 2 amide bonds. The lowest BCUT2D eigenvalue weighted by molar-refractivity contribution is -0.124. The highest BCUT2D eigenvalue weighted by Gasteiger charge is 2.55. The molecule has 3 N–H and O–H groups in total. The number of ether oxygens (including phenoxy) is 1. The van der Waals surface area contributed by atoms with E-state index in [-0.39, 0.29) is 59.2 Å². The van der Waals surface area contributed by atoms with Crippen molar-refractivity contribution >= 4 is 44.9 Å². The van der Waals surface area contributed by atoms with Gasteiger partial charge in [0.05, 0.1) is 20.8 Å². The Morgan fingerprint density at radius 1 is 1.10 bits per heavy atom. The maximum absolute atomic E-state index is 13.7. The van der Waals surface area contributed by atoms with Crippen LogP contribution in [0.4, 0.5) is 23.7 Å². The molecule has 2 bridgehead atoms. The second-order valence-electron chi connectivity index (χ2n) is 10.7. The third kappa shape index (κ3) is 5.54. The van der Waals surface area contributed by atoms with Gasteiger partial charge in [-0.1, -0.05) is 11.6 Å². The van der Waals surface area contributed by atoms with Gasteiger partial charge in [-0.3, -0.25) is 9.59 Å². The monoisotopic (exact) mass is 614 g/mol. The Morgan fingerprint density at radius 2 is 1.73 bits per heavy atom. The molecule has 220 valence electrons. The largest absolute Gasteiger partial charge is 0.447 e. The van der Waals surface area contributed by atoms with Crippen molar-refractivity contribution in [1.82, 2.24) is 5.32 Å². The first-order chi connectivity index (χ1) is 19.3. The number of aliphatic hydroxyl groups is 1. The van der Waals surface area contributed by atoms with Crippen molar-refractivity contribution in [2.75, 3.05) is 11.9 Å². The number of alkyl carbamates (subject to hydrolysis) is 1. The molecule has 0 aromatic heterocycles. The van der Waals surface area contributed by atoms with Crippen LogP contribution in [0.25, 0.3) is 0 Å². The normalized spacial score (nSPS) is 27.3. The van der Waals surface area contributed by atoms with E-state index in [9.17, 15) is 41.1 Å². The number of anilines is 1. The lowest BCUT2D eigenvalue weighted by Gasteiger charge is -2.42. The van der Waals surface area contributed by atoms with Crippen LogP contribution < -0.4 is 10.6 Å². The van der Waals surface area contributed by atoms with Crippen LogP contribution in [0.15, 0.2) is 35.2 Å². The van der Waals surface area contributed by atoms with Crippen LogP contribution in [0.5, 0.6) is 0 Å². The van der Waals surface area contributed by atoms with E-state index in [1.807, 2.05) is 0 Å². The van der Waals surface area contributed by atoms with E-state index in [2.05, 4.69) is 10.6 Å². The molecule has 5 atom stereocenters. The molecule has 41 heavy (non-hydrogen) atoms. The van der Waals surface area contributed by atoms with Gasteiger partial charge in [-0.15, -0.1) is 0 Å². The zero-order valence-electron chi connectivity index (χ0n) is 21.5. The summed E-state index contributed by atoms with van der Waals surface area (Å²) >= 11 is 6.25. The van der Waals surface area contributed by atoms with E-state index < -0.39 is 68.0 Å². The van der Waals surface area contributed by atoms with Gasteiger partial charge >= 0.3 is 6.09 Å². The number of carbonyl (C=O) groups is 3. The molecule has 1 aliphatic heterocycles. The van der Waals surface area contributed by atoms with Crippen LogP contribution in [0.1, 0.15) is 48.9 Å². The van der Waals surface area contributed by atoms with Crippen LogP contribution in [0, 0.1) is 29.3 Å². The molecule has 14 heteroatoms. The zero-order valence-corrected chi connectivity index (χ0v) is 23.0. The molecule has 2 aromatic carbocycles. The van der Waals surface area contributed by atoms with Gasteiger partial charge in [0.2, 0.25) is 0 Å². The van der Waals surface area contributed by atoms with Crippen molar-refractivity contribution in [1.29, 1.82) is 0 Å². The number of sulfone groups is 1. The Labute approximate surface area is 238 Å². The van der Waals surface area contributed by atoms with Crippen molar-refractivity contribution in [2.45, 2.75) is 60.3 Å². The Bertz CT molecular complexity index is 1500. The number of rotatable bonds is 8. The summed E-state index contributed by atoms with van der Waals surface area (Å²) in [6, 6.07) is 3.95. The molecule has 1 heterocycles. The standard InChI is InChI=1S/C27H26ClF3N2O7S/c28-18-4-1-13(25(35)32-16-10-19(29)24(31)20(30)11-16)7-23(18)41(38,39)17-8-14-2-3-15(9-17)27(14,37)6-5-22(34)21-12-40-26(36)33-21/h1,4,7,10-11,14-15,17,21,37H,2-3,5-6,8-9,12H2,(H,32,35)(H,33,36)/t14-,15?,17?,21+,27?/m0/s1. The number of benzene rings is 2. The first-order valence-electron chi connectivity index (χ1n) is 13.0. The number of halogens is 4. The van der Waals surface area contributed by atoms with Gasteiger partial charge in [0.1, 0.15) is 12.6 Å². The molecule has 2 aliphatic carbocycles. The summed E-state index contributed by atoms with van der Waals surface area (Å²) < 4.78 is 72.5. The van der Waals surface area contributed by atoms with Gasteiger partial charge < -0.3 is 20.5 Å². The van der Waals surface area contributed by atoms with Gasteiger partial charge in [-0.25, -0.2) is 26.4 Å². The van der Waals surface area contributed by atoms with Gasteiger partial charge in [0, 0.05) is 29.8 Å². The number of nitrogens with one attached hydrogen (secondary N) is 2. The first-order valence-corrected chi connectivity index (χ1v) is 14.9. The van der Waals surface area contributed by atoms with Crippen LogP contribution in [0.2, 0.25) is 5.02 Å². The number of ketones is 1. The highest BCUT2D eigenvalue weighted by Crippen LogP contribution is 2.54. The number of fused-ring (bicyclic) bond motifs is 2. The average molecular weight is 615 g/mol. The second kappa shape index (κ2) is 10.9. The van der Waals surface area contributed by atoms with Crippen molar-refractivity contribution in [3.05, 3.63) is 58.4 Å². The summed E-state index contributed by atoms with van der Waals surface area (Å²) in [7, 11) is -4.09. The van der Waals surface area contributed by atoms with Crippen molar-refractivity contribution < 1.29 is 45.8 Å². The summed E-state index contributed by atoms with van der Waals surface area (Å²) in [4.78, 5) is 36.2. The van der Waals surface area contributed by atoms with E-state index in [1.54, 1.807) is 0 Å². The van der Waals surface area contributed by atoms with E-state index in [1.165, 1.54) is 12.1 Å². The Hall–Kier alpha value is -3.16. The quantitative estimate of drug-likeness (QED) is 0.380. The van der Waals surface area contributed by atoms with Crippen LogP contribution >= 0.6 is 11.6 Å². The van der Waals surface area contributed by atoms with Crippen molar-refractivity contribution in [3.63, 3.8) is 0 Å². The number of amides is 2. The smallest absolute Gasteiger partial charge is 0.407 e. The molecule has 9 nitrogen and oxygen atoms in total. The minimum atomic E-state index is -4.09.